The minimum Gasteiger partial charge on any atom is -0.377 e. The lowest BCUT2D eigenvalue weighted by Gasteiger charge is -2.25. The molecule has 0 radical (unpaired) electrons. The van der Waals surface area contributed by atoms with Gasteiger partial charge in [0.1, 0.15) is 0 Å². The summed E-state index contributed by atoms with van der Waals surface area (Å²) in [6, 6.07) is 9.10. The maximum atomic E-state index is 5.85. The number of ether oxygens (including phenoxy) is 1. The number of nitrogens with one attached hydrogen (secondary N) is 1. The van der Waals surface area contributed by atoms with Crippen molar-refractivity contribution in [2.45, 2.75) is 58.7 Å². The van der Waals surface area contributed by atoms with E-state index in [4.69, 9.17) is 4.74 Å². The molecule has 1 aliphatic carbocycles. The smallest absolute Gasteiger partial charge is 0.0720 e. The van der Waals surface area contributed by atoms with Crippen LogP contribution in [0.4, 0.5) is 0 Å². The Morgan fingerprint density at radius 3 is 2.58 bits per heavy atom. The van der Waals surface area contributed by atoms with Crippen LogP contribution in [-0.4, -0.2) is 12.6 Å². The van der Waals surface area contributed by atoms with E-state index in [0.29, 0.717) is 6.04 Å². The largest absolute Gasteiger partial charge is 0.377 e. The monoisotopic (exact) mass is 261 g/mol. The highest BCUT2D eigenvalue weighted by Crippen LogP contribution is 2.29. The van der Waals surface area contributed by atoms with E-state index >= 15 is 0 Å². The third kappa shape index (κ3) is 4.96. The number of hydrogen-bond acceptors (Lipinski definition) is 2. The molecule has 2 nitrogen and oxygen atoms in total. The summed E-state index contributed by atoms with van der Waals surface area (Å²) in [4.78, 5) is 0. The van der Waals surface area contributed by atoms with Crippen molar-refractivity contribution in [2.75, 3.05) is 6.61 Å². The Balaban J connectivity index is 1.74. The molecule has 0 heterocycles. The second-order valence-corrected chi connectivity index (χ2v) is 5.94. The number of rotatable bonds is 8. The predicted octanol–water partition coefficient (Wildman–Crippen LogP) is 3.89. The van der Waals surface area contributed by atoms with Gasteiger partial charge in [-0.15, -0.1) is 0 Å². The van der Waals surface area contributed by atoms with Gasteiger partial charge in [0.05, 0.1) is 6.61 Å². The van der Waals surface area contributed by atoms with Crippen LogP contribution >= 0.6 is 0 Å². The maximum absolute atomic E-state index is 5.85. The minimum atomic E-state index is 0.521. The number of hydrogen-bond donors (Lipinski definition) is 1. The molecule has 0 atom stereocenters. The molecule has 1 aromatic rings. The van der Waals surface area contributed by atoms with Crippen LogP contribution in [0.15, 0.2) is 24.3 Å². The van der Waals surface area contributed by atoms with Crippen molar-refractivity contribution in [3.63, 3.8) is 0 Å². The molecule has 1 fully saturated rings. The van der Waals surface area contributed by atoms with Gasteiger partial charge in [0.15, 0.2) is 0 Å². The van der Waals surface area contributed by atoms with Gasteiger partial charge in [-0.05, 0) is 23.5 Å². The first-order valence-electron chi connectivity index (χ1n) is 7.63. The summed E-state index contributed by atoms with van der Waals surface area (Å²) in [5.41, 5.74) is 2.68. The molecule has 2 heteroatoms. The molecule has 0 aliphatic heterocycles. The summed E-state index contributed by atoms with van der Waals surface area (Å²) in [6.07, 6.45) is 5.50. The van der Waals surface area contributed by atoms with Crippen LogP contribution in [0.5, 0.6) is 0 Å². The van der Waals surface area contributed by atoms with Gasteiger partial charge in [-0.3, -0.25) is 0 Å². The van der Waals surface area contributed by atoms with Crippen LogP contribution in [0.25, 0.3) is 0 Å². The molecule has 0 spiro atoms. The second-order valence-electron chi connectivity index (χ2n) is 5.94. The van der Waals surface area contributed by atoms with Crippen molar-refractivity contribution in [2.24, 2.45) is 5.92 Å². The molecular formula is C17H27NO. The zero-order valence-electron chi connectivity index (χ0n) is 12.3. The summed E-state index contributed by atoms with van der Waals surface area (Å²) in [6.45, 7) is 6.95. The zero-order chi connectivity index (χ0) is 13.5. The topological polar surface area (TPSA) is 21.3 Å². The Labute approximate surface area is 117 Å². The molecule has 1 N–H and O–H groups in total. The van der Waals surface area contributed by atoms with Gasteiger partial charge in [-0.25, -0.2) is 0 Å². The first kappa shape index (κ1) is 14.5. The van der Waals surface area contributed by atoms with Crippen molar-refractivity contribution in [3.05, 3.63) is 35.4 Å². The van der Waals surface area contributed by atoms with E-state index in [2.05, 4.69) is 43.4 Å². The van der Waals surface area contributed by atoms with E-state index in [0.717, 1.165) is 25.7 Å². The van der Waals surface area contributed by atoms with E-state index in [9.17, 15) is 0 Å². The lowest BCUT2D eigenvalue weighted by atomic mass is 9.83. The Morgan fingerprint density at radius 2 is 1.95 bits per heavy atom. The zero-order valence-corrected chi connectivity index (χ0v) is 12.3. The first-order chi connectivity index (χ1) is 9.25. The third-order valence-corrected chi connectivity index (χ3v) is 3.97. The molecular weight excluding hydrogens is 234 g/mol. The van der Waals surface area contributed by atoms with E-state index in [1.807, 2.05) is 0 Å². The van der Waals surface area contributed by atoms with E-state index < -0.39 is 0 Å². The van der Waals surface area contributed by atoms with Crippen molar-refractivity contribution < 1.29 is 4.74 Å². The average molecular weight is 261 g/mol. The number of benzene rings is 1. The Bertz CT molecular complexity index is 371. The summed E-state index contributed by atoms with van der Waals surface area (Å²) in [7, 11) is 0. The molecule has 0 aromatic heterocycles. The van der Waals surface area contributed by atoms with Gasteiger partial charge >= 0.3 is 0 Å². The fraction of sp³-hybridized carbons (Fsp3) is 0.647. The SMILES string of the molecule is CC(C)NCc1ccccc1COCCC1CCC1. The van der Waals surface area contributed by atoms with Crippen LogP contribution in [0.1, 0.15) is 50.7 Å². The molecule has 1 saturated carbocycles. The van der Waals surface area contributed by atoms with Gasteiger partial charge < -0.3 is 10.1 Å². The van der Waals surface area contributed by atoms with E-state index in [1.165, 1.54) is 36.8 Å². The minimum absolute atomic E-state index is 0.521. The van der Waals surface area contributed by atoms with Gasteiger partial charge in [-0.1, -0.05) is 57.4 Å². The van der Waals surface area contributed by atoms with Gasteiger partial charge in [0, 0.05) is 19.2 Å². The highest BCUT2D eigenvalue weighted by atomic mass is 16.5. The Hall–Kier alpha value is -0.860. The normalized spacial score (nSPS) is 15.7. The quantitative estimate of drug-likeness (QED) is 0.717. The van der Waals surface area contributed by atoms with Crippen LogP contribution in [-0.2, 0) is 17.9 Å². The highest BCUT2D eigenvalue weighted by molar-refractivity contribution is 5.26. The second kappa shape index (κ2) is 7.66. The van der Waals surface area contributed by atoms with E-state index in [-0.39, 0.29) is 0 Å². The molecule has 2 rings (SSSR count). The van der Waals surface area contributed by atoms with Gasteiger partial charge in [-0.2, -0.15) is 0 Å². The Morgan fingerprint density at radius 1 is 1.21 bits per heavy atom. The summed E-state index contributed by atoms with van der Waals surface area (Å²) in [5.74, 6) is 0.942. The van der Waals surface area contributed by atoms with Gasteiger partial charge in [0.2, 0.25) is 0 Å². The molecule has 1 aliphatic rings. The van der Waals surface area contributed by atoms with Crippen molar-refractivity contribution >= 4 is 0 Å². The van der Waals surface area contributed by atoms with Crippen LogP contribution in [0, 0.1) is 5.92 Å². The van der Waals surface area contributed by atoms with Crippen LogP contribution in [0.3, 0.4) is 0 Å². The molecule has 0 amide bonds. The summed E-state index contributed by atoms with van der Waals surface area (Å²) < 4.78 is 5.85. The lowest BCUT2D eigenvalue weighted by molar-refractivity contribution is 0.0945. The third-order valence-electron chi connectivity index (χ3n) is 3.97. The van der Waals surface area contributed by atoms with Crippen molar-refractivity contribution in [1.29, 1.82) is 0 Å². The fourth-order valence-electron chi connectivity index (χ4n) is 2.40. The molecule has 1 aromatic carbocycles. The standard InChI is InChI=1S/C17H27NO/c1-14(2)18-12-16-8-3-4-9-17(16)13-19-11-10-15-6-5-7-15/h3-4,8-9,14-15,18H,5-7,10-13H2,1-2H3. The van der Waals surface area contributed by atoms with Crippen LogP contribution < -0.4 is 5.32 Å². The van der Waals surface area contributed by atoms with Gasteiger partial charge in [0.25, 0.3) is 0 Å². The molecule has 0 unspecified atom stereocenters. The molecule has 19 heavy (non-hydrogen) atoms. The molecule has 0 bridgehead atoms. The van der Waals surface area contributed by atoms with Crippen molar-refractivity contribution in [1.82, 2.24) is 5.32 Å². The molecule has 0 saturated heterocycles. The Kier molecular flexibility index (Phi) is 5.87. The average Bonchev–Trinajstić information content (AvgIpc) is 2.35. The molecule has 106 valence electrons. The van der Waals surface area contributed by atoms with Crippen LogP contribution in [0.2, 0.25) is 0 Å². The first-order valence-corrected chi connectivity index (χ1v) is 7.63. The predicted molar refractivity (Wildman–Crippen MR) is 80.0 cm³/mol. The van der Waals surface area contributed by atoms with Crippen molar-refractivity contribution in [3.8, 4) is 0 Å². The highest BCUT2D eigenvalue weighted by Gasteiger charge is 2.16. The summed E-state index contributed by atoms with van der Waals surface area (Å²) >= 11 is 0. The lowest BCUT2D eigenvalue weighted by Crippen LogP contribution is -2.22. The fourth-order valence-corrected chi connectivity index (χ4v) is 2.40. The maximum Gasteiger partial charge on any atom is 0.0720 e. The summed E-state index contributed by atoms with van der Waals surface area (Å²) in [5, 5.41) is 3.47. The van der Waals surface area contributed by atoms with E-state index in [1.54, 1.807) is 0 Å².